The lowest BCUT2D eigenvalue weighted by Gasteiger charge is -2.10. The Morgan fingerprint density at radius 2 is 1.90 bits per heavy atom. The van der Waals surface area contributed by atoms with Gasteiger partial charge in [-0.3, -0.25) is 4.55 Å². The van der Waals surface area contributed by atoms with Gasteiger partial charge in [0, 0.05) is 11.9 Å². The van der Waals surface area contributed by atoms with Crippen LogP contribution in [-0.4, -0.2) is 33.9 Å². The standard InChI is InChI=1S/C21H22N4O3S/c1-14-10-16-12-17(13-22)21(25-20(16)11-15(14)2)23-8-9-24-29(26,27)19-6-4-18(28-3)5-7-19/h4-7,10-12H,8-9H2,1-3H3,(H,23,25)(H,24,26,27). The van der Waals surface area contributed by atoms with Crippen LogP contribution in [0.4, 0.5) is 5.82 Å². The molecule has 8 heteroatoms. The van der Waals surface area contributed by atoms with Crippen molar-refractivity contribution in [3.8, 4) is 11.8 Å². The van der Waals surface area contributed by atoms with Crippen LogP contribution in [0.25, 0.3) is 10.9 Å². The zero-order valence-corrected chi connectivity index (χ0v) is 17.3. The molecule has 1 heterocycles. The second-order valence-electron chi connectivity index (χ2n) is 6.58. The molecule has 0 aliphatic rings. The molecule has 0 aliphatic heterocycles. The van der Waals surface area contributed by atoms with E-state index in [1.165, 1.54) is 19.2 Å². The van der Waals surface area contributed by atoms with E-state index >= 15 is 0 Å². The van der Waals surface area contributed by atoms with Crippen molar-refractivity contribution in [2.24, 2.45) is 4.36 Å². The molecule has 1 aromatic heterocycles. The minimum absolute atomic E-state index is 0.0822. The Morgan fingerprint density at radius 3 is 2.55 bits per heavy atom. The van der Waals surface area contributed by atoms with E-state index in [4.69, 9.17) is 4.74 Å². The number of aryl methyl sites for hydroxylation is 2. The van der Waals surface area contributed by atoms with Gasteiger partial charge in [-0.15, -0.1) is 0 Å². The number of fused-ring (bicyclic) bond motifs is 1. The van der Waals surface area contributed by atoms with Gasteiger partial charge >= 0.3 is 0 Å². The maximum atomic E-state index is 12.4. The van der Waals surface area contributed by atoms with E-state index < -0.39 is 10.0 Å². The SMILES string of the molecule is COc1ccc(S(=O)(O)=NCCNc2nc3cc(C)c(C)cc3cc2C#N)cc1. The number of rotatable bonds is 6. The molecule has 1 unspecified atom stereocenters. The van der Waals surface area contributed by atoms with Crippen molar-refractivity contribution in [3.05, 3.63) is 59.2 Å². The Hall–Kier alpha value is -3.15. The van der Waals surface area contributed by atoms with Crippen molar-refractivity contribution in [2.75, 3.05) is 25.5 Å². The maximum Gasteiger partial charge on any atom is 0.190 e. The summed E-state index contributed by atoms with van der Waals surface area (Å²) in [4.78, 5) is 4.75. The van der Waals surface area contributed by atoms with Crippen LogP contribution in [-0.2, 0) is 10.0 Å². The molecule has 150 valence electrons. The average molecular weight is 410 g/mol. The second-order valence-corrected chi connectivity index (χ2v) is 8.30. The van der Waals surface area contributed by atoms with Gasteiger partial charge in [0.1, 0.15) is 17.6 Å². The van der Waals surface area contributed by atoms with Crippen LogP contribution in [0.2, 0.25) is 0 Å². The number of anilines is 1. The van der Waals surface area contributed by atoms with E-state index in [1.54, 1.807) is 18.2 Å². The zero-order chi connectivity index (χ0) is 21.0. The first-order valence-electron chi connectivity index (χ1n) is 8.99. The zero-order valence-electron chi connectivity index (χ0n) is 16.5. The van der Waals surface area contributed by atoms with Gasteiger partial charge < -0.3 is 10.1 Å². The van der Waals surface area contributed by atoms with Gasteiger partial charge in [-0.2, -0.15) is 5.26 Å². The molecular weight excluding hydrogens is 388 g/mol. The van der Waals surface area contributed by atoms with Crippen LogP contribution in [0.3, 0.4) is 0 Å². The lowest BCUT2D eigenvalue weighted by molar-refractivity contribution is 0.414. The predicted molar refractivity (Wildman–Crippen MR) is 114 cm³/mol. The van der Waals surface area contributed by atoms with Gasteiger partial charge in [0.15, 0.2) is 10.0 Å². The highest BCUT2D eigenvalue weighted by Gasteiger charge is 2.10. The maximum absolute atomic E-state index is 12.4. The number of pyridine rings is 1. The highest BCUT2D eigenvalue weighted by Crippen LogP contribution is 2.23. The lowest BCUT2D eigenvalue weighted by atomic mass is 10.0. The van der Waals surface area contributed by atoms with Crippen molar-refractivity contribution < 1.29 is 13.5 Å². The van der Waals surface area contributed by atoms with Gasteiger partial charge in [-0.1, -0.05) is 0 Å². The lowest BCUT2D eigenvalue weighted by Crippen LogP contribution is -2.10. The fourth-order valence-electron chi connectivity index (χ4n) is 2.83. The topological polar surface area (TPSA) is 108 Å². The summed E-state index contributed by atoms with van der Waals surface area (Å²) in [5.74, 6) is 1.04. The van der Waals surface area contributed by atoms with Crippen LogP contribution in [0.5, 0.6) is 5.75 Å². The highest BCUT2D eigenvalue weighted by molar-refractivity contribution is 7.88. The molecule has 2 N–H and O–H groups in total. The van der Waals surface area contributed by atoms with Gasteiger partial charge in [-0.05, 0) is 67.4 Å². The minimum Gasteiger partial charge on any atom is -0.497 e. The number of nitrogens with one attached hydrogen (secondary N) is 1. The van der Waals surface area contributed by atoms with Gasteiger partial charge in [0.2, 0.25) is 0 Å². The average Bonchev–Trinajstić information content (AvgIpc) is 2.71. The van der Waals surface area contributed by atoms with Crippen LogP contribution in [0, 0.1) is 25.2 Å². The van der Waals surface area contributed by atoms with Crippen molar-refractivity contribution in [1.29, 1.82) is 5.26 Å². The quantitative estimate of drug-likeness (QED) is 0.591. The monoisotopic (exact) mass is 410 g/mol. The first kappa shape index (κ1) is 20.6. The third-order valence-electron chi connectivity index (χ3n) is 4.59. The molecule has 0 aliphatic carbocycles. The van der Waals surface area contributed by atoms with Crippen LogP contribution in [0.15, 0.2) is 51.7 Å². The summed E-state index contributed by atoms with van der Waals surface area (Å²) >= 11 is 0. The molecule has 29 heavy (non-hydrogen) atoms. The molecule has 1 atom stereocenters. The summed E-state index contributed by atoms with van der Waals surface area (Å²) < 4.78 is 31.5. The summed E-state index contributed by atoms with van der Waals surface area (Å²) in [5, 5.41) is 13.4. The molecule has 2 aromatic carbocycles. The van der Waals surface area contributed by atoms with Crippen molar-refractivity contribution >= 4 is 26.7 Å². The molecule has 3 rings (SSSR count). The molecule has 0 fully saturated rings. The minimum atomic E-state index is -3.51. The second kappa shape index (κ2) is 8.47. The van der Waals surface area contributed by atoms with E-state index in [-0.39, 0.29) is 18.0 Å². The van der Waals surface area contributed by atoms with Gasteiger partial charge in [0.25, 0.3) is 0 Å². The molecular formula is C21H22N4O3S. The van der Waals surface area contributed by atoms with Crippen LogP contribution >= 0.6 is 0 Å². The molecule has 0 saturated carbocycles. The molecule has 0 amide bonds. The number of ether oxygens (including phenoxy) is 1. The van der Waals surface area contributed by atoms with Crippen LogP contribution < -0.4 is 10.1 Å². The van der Waals surface area contributed by atoms with Crippen LogP contribution in [0.1, 0.15) is 16.7 Å². The molecule has 0 saturated heterocycles. The van der Waals surface area contributed by atoms with E-state index in [1.807, 2.05) is 26.0 Å². The van der Waals surface area contributed by atoms with E-state index in [0.29, 0.717) is 17.1 Å². The Labute approximate surface area is 170 Å². The highest BCUT2D eigenvalue weighted by atomic mass is 32.2. The van der Waals surface area contributed by atoms with E-state index in [2.05, 4.69) is 20.7 Å². The smallest absolute Gasteiger partial charge is 0.190 e. The summed E-state index contributed by atoms with van der Waals surface area (Å²) in [5.41, 5.74) is 3.46. The van der Waals surface area contributed by atoms with Crippen molar-refractivity contribution in [2.45, 2.75) is 18.7 Å². The summed E-state index contributed by atoms with van der Waals surface area (Å²) in [6, 6.07) is 14.2. The molecule has 0 spiro atoms. The summed E-state index contributed by atoms with van der Waals surface area (Å²) in [6.45, 7) is 4.38. The molecule has 0 bridgehead atoms. The first-order chi connectivity index (χ1) is 13.8. The van der Waals surface area contributed by atoms with Crippen molar-refractivity contribution in [1.82, 2.24) is 4.98 Å². The number of nitrogens with zero attached hydrogens (tertiary/aromatic N) is 3. The van der Waals surface area contributed by atoms with Crippen molar-refractivity contribution in [3.63, 3.8) is 0 Å². The Balaban J connectivity index is 1.76. The fourth-order valence-corrected chi connectivity index (χ4v) is 3.81. The van der Waals surface area contributed by atoms with E-state index in [9.17, 15) is 14.0 Å². The number of hydrogen-bond donors (Lipinski definition) is 2. The Morgan fingerprint density at radius 1 is 1.21 bits per heavy atom. The number of methoxy groups -OCH3 is 1. The fraction of sp³-hybridized carbons (Fsp3) is 0.238. The van der Waals surface area contributed by atoms with Gasteiger partial charge in [0.05, 0.1) is 29.6 Å². The third kappa shape index (κ3) is 4.65. The number of hydrogen-bond acceptors (Lipinski definition) is 6. The Bertz CT molecular complexity index is 1210. The normalized spacial score (nSPS) is 12.8. The van der Waals surface area contributed by atoms with Gasteiger partial charge in [-0.25, -0.2) is 13.6 Å². The Kier molecular flexibility index (Phi) is 6.01. The summed E-state index contributed by atoms with van der Waals surface area (Å²) in [6.07, 6.45) is 0. The third-order valence-corrected chi connectivity index (χ3v) is 6.01. The number of benzene rings is 2. The number of nitriles is 1. The van der Waals surface area contributed by atoms with E-state index in [0.717, 1.165) is 22.0 Å². The molecule has 0 radical (unpaired) electrons. The first-order valence-corrected chi connectivity index (χ1v) is 10.5. The number of aromatic nitrogens is 1. The molecule has 3 aromatic rings. The summed E-state index contributed by atoms with van der Waals surface area (Å²) in [7, 11) is -1.98. The predicted octanol–water partition coefficient (Wildman–Crippen LogP) is 4.14. The molecule has 7 nitrogen and oxygen atoms in total. The largest absolute Gasteiger partial charge is 0.497 e.